The van der Waals surface area contributed by atoms with E-state index < -0.39 is 0 Å². The minimum absolute atomic E-state index is 0.272. The Morgan fingerprint density at radius 1 is 0.889 bits per heavy atom. The molecule has 0 fully saturated rings. The molecule has 5 aromatic rings. The van der Waals surface area contributed by atoms with Crippen LogP contribution in [0, 0.1) is 0 Å². The summed E-state index contributed by atoms with van der Waals surface area (Å²) in [5, 5.41) is 4.99. The molecule has 10 heteroatoms. The van der Waals surface area contributed by atoms with Gasteiger partial charge in [0.05, 0.1) is 30.6 Å². The van der Waals surface area contributed by atoms with Gasteiger partial charge in [-0.2, -0.15) is 0 Å². The fourth-order valence-electron chi connectivity index (χ4n) is 2.96. The van der Waals surface area contributed by atoms with E-state index in [-0.39, 0.29) is 6.79 Å². The van der Waals surface area contributed by atoms with E-state index in [1.165, 1.54) is 4.70 Å². The van der Waals surface area contributed by atoms with Gasteiger partial charge in [0, 0.05) is 12.1 Å². The Morgan fingerprint density at radius 2 is 1.59 bits per heavy atom. The van der Waals surface area contributed by atoms with Crippen molar-refractivity contribution in [3.8, 4) is 11.5 Å². The van der Waals surface area contributed by atoms with Crippen LogP contribution >= 0.6 is 45.8 Å². The number of aromatic nitrogens is 3. The number of thiazole rings is 3. The zero-order chi connectivity index (χ0) is 18.0. The molecular weight excluding hydrogens is 420 g/mol. The molecule has 0 saturated carbocycles. The number of anilines is 2. The highest BCUT2D eigenvalue weighted by Crippen LogP contribution is 2.41. The second-order valence-electron chi connectivity index (χ2n) is 5.78. The van der Waals surface area contributed by atoms with Gasteiger partial charge >= 0.3 is 0 Å². The highest BCUT2D eigenvalue weighted by atomic mass is 32.2. The maximum Gasteiger partial charge on any atom is 0.231 e. The molecular formula is C17H10N4O2S4. The quantitative estimate of drug-likeness (QED) is 0.368. The molecule has 4 heterocycles. The Balaban J connectivity index is 1.40. The molecule has 0 bridgehead atoms. The fourth-order valence-corrected chi connectivity index (χ4v) is 6.55. The van der Waals surface area contributed by atoms with Crippen molar-refractivity contribution < 1.29 is 9.47 Å². The van der Waals surface area contributed by atoms with Crippen LogP contribution in [0.5, 0.6) is 11.5 Å². The van der Waals surface area contributed by atoms with Crippen molar-refractivity contribution in [3.63, 3.8) is 0 Å². The lowest BCUT2D eigenvalue weighted by Gasteiger charge is -1.93. The molecule has 134 valence electrons. The topological polar surface area (TPSA) is 69.2 Å². The number of rotatable bonds is 3. The predicted octanol–water partition coefficient (Wildman–Crippen LogP) is 5.71. The Labute approximate surface area is 169 Å². The van der Waals surface area contributed by atoms with E-state index in [0.717, 1.165) is 52.1 Å². The zero-order valence-electron chi connectivity index (χ0n) is 13.8. The second kappa shape index (κ2) is 5.93. The third-order valence-corrected chi connectivity index (χ3v) is 8.30. The summed E-state index contributed by atoms with van der Waals surface area (Å²) in [6, 6.07) is 7.96. The lowest BCUT2D eigenvalue weighted by molar-refractivity contribution is 0.174. The number of benzene rings is 2. The van der Waals surface area contributed by atoms with Gasteiger partial charge in [0.2, 0.25) is 6.79 Å². The first-order chi connectivity index (χ1) is 13.3. The van der Waals surface area contributed by atoms with Crippen LogP contribution in [-0.4, -0.2) is 28.0 Å². The first-order valence-corrected chi connectivity index (χ1v) is 11.7. The summed E-state index contributed by atoms with van der Waals surface area (Å²) in [7, 11) is 0. The van der Waals surface area contributed by atoms with Gasteiger partial charge in [0.1, 0.15) is 0 Å². The molecule has 2 aromatic carbocycles. The number of hydrogen-bond acceptors (Lipinski definition) is 10. The van der Waals surface area contributed by atoms with Gasteiger partial charge in [-0.25, -0.2) is 15.0 Å². The zero-order valence-corrected chi connectivity index (χ0v) is 17.1. The Morgan fingerprint density at radius 3 is 2.44 bits per heavy atom. The predicted molar refractivity (Wildman–Crippen MR) is 114 cm³/mol. The van der Waals surface area contributed by atoms with Crippen molar-refractivity contribution in [2.75, 3.05) is 18.4 Å². The van der Waals surface area contributed by atoms with Gasteiger partial charge in [-0.1, -0.05) is 34.4 Å². The van der Waals surface area contributed by atoms with Gasteiger partial charge < -0.3 is 14.8 Å². The molecule has 27 heavy (non-hydrogen) atoms. The van der Waals surface area contributed by atoms with Gasteiger partial charge in [-0.05, 0) is 18.4 Å². The Kier molecular flexibility index (Phi) is 3.49. The number of nitrogens with zero attached hydrogens (tertiary/aromatic N) is 3. The van der Waals surface area contributed by atoms with Crippen molar-refractivity contribution >= 4 is 86.7 Å². The SMILES string of the molecule is CSc1nc2ccc3nc(Nc4nc5cc6c(cc5s4)OCO6)sc3c2s1. The Bertz CT molecular complexity index is 1300. The van der Waals surface area contributed by atoms with Gasteiger partial charge in [-0.15, -0.1) is 11.3 Å². The minimum atomic E-state index is 0.272. The highest BCUT2D eigenvalue weighted by molar-refractivity contribution is 8.00. The number of ether oxygens (including phenoxy) is 2. The number of fused-ring (bicyclic) bond motifs is 5. The molecule has 1 aliphatic rings. The molecule has 0 aliphatic carbocycles. The summed E-state index contributed by atoms with van der Waals surface area (Å²) >= 11 is 6.60. The van der Waals surface area contributed by atoms with E-state index >= 15 is 0 Å². The number of hydrogen-bond donors (Lipinski definition) is 1. The summed E-state index contributed by atoms with van der Waals surface area (Å²) in [6.07, 6.45) is 2.05. The smallest absolute Gasteiger partial charge is 0.231 e. The molecule has 0 atom stereocenters. The summed E-state index contributed by atoms with van der Waals surface area (Å²) < 4.78 is 15.4. The third kappa shape index (κ3) is 2.55. The van der Waals surface area contributed by atoms with E-state index in [1.807, 2.05) is 30.5 Å². The van der Waals surface area contributed by atoms with Crippen LogP contribution in [0.4, 0.5) is 10.3 Å². The summed E-state index contributed by atoms with van der Waals surface area (Å²) in [6.45, 7) is 0.272. The summed E-state index contributed by atoms with van der Waals surface area (Å²) in [4.78, 5) is 14.0. The maximum absolute atomic E-state index is 5.45. The lowest BCUT2D eigenvalue weighted by atomic mass is 10.3. The van der Waals surface area contributed by atoms with Crippen LogP contribution in [0.2, 0.25) is 0 Å². The van der Waals surface area contributed by atoms with E-state index in [9.17, 15) is 0 Å². The average molecular weight is 431 g/mol. The van der Waals surface area contributed by atoms with Crippen LogP contribution in [0.1, 0.15) is 0 Å². The molecule has 3 aromatic heterocycles. The number of thioether (sulfide) groups is 1. The average Bonchev–Trinajstić information content (AvgIpc) is 3.42. The molecule has 0 amide bonds. The summed E-state index contributed by atoms with van der Waals surface area (Å²) in [5.41, 5.74) is 2.90. The molecule has 0 radical (unpaired) electrons. The van der Waals surface area contributed by atoms with Crippen molar-refractivity contribution in [1.82, 2.24) is 15.0 Å². The van der Waals surface area contributed by atoms with Crippen molar-refractivity contribution in [2.45, 2.75) is 4.34 Å². The standard InChI is InChI=1S/C17H10N4O2S4/c1-24-17-20-8-3-2-7-13(14(8)27-17)26-16(18-7)21-15-19-9-4-10-11(23-6-22-10)5-12(9)25-15/h2-5H,6H2,1H3,(H,18,19,21). The van der Waals surface area contributed by atoms with E-state index in [1.54, 1.807) is 45.8 Å². The first kappa shape index (κ1) is 15.9. The molecule has 0 spiro atoms. The van der Waals surface area contributed by atoms with Crippen molar-refractivity contribution in [2.24, 2.45) is 0 Å². The van der Waals surface area contributed by atoms with Crippen molar-refractivity contribution in [3.05, 3.63) is 24.3 Å². The van der Waals surface area contributed by atoms with Crippen molar-refractivity contribution in [1.29, 1.82) is 0 Å². The normalized spacial score (nSPS) is 13.2. The van der Waals surface area contributed by atoms with Crippen LogP contribution in [0.15, 0.2) is 28.6 Å². The maximum atomic E-state index is 5.45. The molecule has 6 rings (SSSR count). The van der Waals surface area contributed by atoms with Crippen LogP contribution in [0.3, 0.4) is 0 Å². The monoisotopic (exact) mass is 430 g/mol. The summed E-state index contributed by atoms with van der Waals surface area (Å²) in [5.74, 6) is 1.52. The van der Waals surface area contributed by atoms with E-state index in [0.29, 0.717) is 0 Å². The van der Waals surface area contributed by atoms with E-state index in [4.69, 9.17) is 14.5 Å². The molecule has 0 saturated heterocycles. The fraction of sp³-hybridized carbons (Fsp3) is 0.118. The van der Waals surface area contributed by atoms with Crippen LogP contribution < -0.4 is 14.8 Å². The van der Waals surface area contributed by atoms with E-state index in [2.05, 4.69) is 15.3 Å². The second-order valence-corrected chi connectivity index (χ2v) is 9.86. The largest absolute Gasteiger partial charge is 0.454 e. The van der Waals surface area contributed by atoms with Gasteiger partial charge in [0.15, 0.2) is 26.1 Å². The molecule has 1 N–H and O–H groups in total. The van der Waals surface area contributed by atoms with Crippen LogP contribution in [0.25, 0.3) is 30.6 Å². The molecule has 0 unspecified atom stereocenters. The lowest BCUT2D eigenvalue weighted by Crippen LogP contribution is -1.92. The minimum Gasteiger partial charge on any atom is -0.454 e. The Hall–Kier alpha value is -2.14. The number of nitrogens with one attached hydrogen (secondary N) is 1. The van der Waals surface area contributed by atoms with Gasteiger partial charge in [0.25, 0.3) is 0 Å². The highest BCUT2D eigenvalue weighted by Gasteiger charge is 2.17. The molecule has 6 nitrogen and oxygen atoms in total. The molecule has 1 aliphatic heterocycles. The van der Waals surface area contributed by atoms with Gasteiger partial charge in [-0.3, -0.25) is 0 Å². The first-order valence-electron chi connectivity index (χ1n) is 7.98. The third-order valence-electron chi connectivity index (χ3n) is 4.16. The van der Waals surface area contributed by atoms with Crippen LogP contribution in [-0.2, 0) is 0 Å².